The number of nitrogen functional groups attached to an aromatic ring is 1. The molecule has 4 N–H and O–H groups in total. The topological polar surface area (TPSA) is 92.4 Å². The fourth-order valence-corrected chi connectivity index (χ4v) is 2.67. The molecule has 1 aromatic carbocycles. The fourth-order valence-electron chi connectivity index (χ4n) is 1.45. The molecule has 18 heavy (non-hydrogen) atoms. The summed E-state index contributed by atoms with van der Waals surface area (Å²) in [6, 6.07) is 6.70. The molecule has 0 aliphatic heterocycles. The molecule has 0 saturated heterocycles. The van der Waals surface area contributed by atoms with Crippen molar-refractivity contribution in [3.8, 4) is 0 Å². The monoisotopic (exact) mass is 272 g/mol. The minimum atomic E-state index is -3.29. The highest BCUT2D eigenvalue weighted by Crippen LogP contribution is 2.14. The summed E-state index contributed by atoms with van der Waals surface area (Å²) in [7, 11) is -3.29. The molecule has 0 aliphatic carbocycles. The van der Waals surface area contributed by atoms with Crippen molar-refractivity contribution < 1.29 is 13.5 Å². The predicted octanol–water partition coefficient (Wildman–Crippen LogP) is 1.02. The molecule has 6 heteroatoms. The summed E-state index contributed by atoms with van der Waals surface area (Å²) in [4.78, 5) is 0. The van der Waals surface area contributed by atoms with Crippen molar-refractivity contribution in [2.24, 2.45) is 0 Å². The van der Waals surface area contributed by atoms with Gasteiger partial charge in [0.25, 0.3) is 0 Å². The van der Waals surface area contributed by atoms with E-state index in [2.05, 4.69) is 4.72 Å². The van der Waals surface area contributed by atoms with Gasteiger partial charge >= 0.3 is 0 Å². The van der Waals surface area contributed by atoms with E-state index < -0.39 is 16.1 Å². The molecule has 102 valence electrons. The smallest absolute Gasteiger partial charge is 0.211 e. The van der Waals surface area contributed by atoms with E-state index in [9.17, 15) is 13.5 Å². The lowest BCUT2D eigenvalue weighted by atomic mass is 10.1. The van der Waals surface area contributed by atoms with Crippen LogP contribution in [0.1, 0.15) is 31.4 Å². The zero-order chi connectivity index (χ0) is 13.6. The minimum absolute atomic E-state index is 0.0179. The van der Waals surface area contributed by atoms with E-state index in [1.54, 1.807) is 24.3 Å². The highest BCUT2D eigenvalue weighted by Gasteiger charge is 2.13. The molecular weight excluding hydrogens is 252 g/mol. The van der Waals surface area contributed by atoms with Gasteiger partial charge in [-0.1, -0.05) is 25.5 Å². The van der Waals surface area contributed by atoms with Crippen molar-refractivity contribution in [3.63, 3.8) is 0 Å². The molecule has 0 aromatic heterocycles. The van der Waals surface area contributed by atoms with Crippen LogP contribution in [0.15, 0.2) is 24.3 Å². The average Bonchev–Trinajstić information content (AvgIpc) is 2.35. The summed E-state index contributed by atoms with van der Waals surface area (Å²) >= 11 is 0. The van der Waals surface area contributed by atoms with Crippen LogP contribution in [0.3, 0.4) is 0 Å². The quantitative estimate of drug-likeness (QED) is 0.646. The highest BCUT2D eigenvalue weighted by molar-refractivity contribution is 7.89. The summed E-state index contributed by atoms with van der Waals surface area (Å²) in [6.45, 7) is 1.91. The number of hydrogen-bond acceptors (Lipinski definition) is 4. The van der Waals surface area contributed by atoms with E-state index in [1.165, 1.54) is 0 Å². The third kappa shape index (κ3) is 5.03. The Hall–Kier alpha value is -1.11. The number of nitrogens with one attached hydrogen (secondary N) is 1. The van der Waals surface area contributed by atoms with Crippen molar-refractivity contribution in [1.29, 1.82) is 0 Å². The Labute approximate surface area is 108 Å². The van der Waals surface area contributed by atoms with Crippen LogP contribution < -0.4 is 10.5 Å². The van der Waals surface area contributed by atoms with Crippen LogP contribution in [-0.2, 0) is 10.0 Å². The number of sulfonamides is 1. The Bertz CT molecular complexity index is 457. The Kier molecular flexibility index (Phi) is 5.58. The average molecular weight is 272 g/mol. The molecule has 0 aliphatic rings. The maximum absolute atomic E-state index is 11.5. The van der Waals surface area contributed by atoms with E-state index >= 15 is 0 Å². The van der Waals surface area contributed by atoms with Crippen LogP contribution >= 0.6 is 0 Å². The summed E-state index contributed by atoms with van der Waals surface area (Å²) in [5.74, 6) is 0.0952. The largest absolute Gasteiger partial charge is 0.399 e. The van der Waals surface area contributed by atoms with Gasteiger partial charge in [0.05, 0.1) is 11.9 Å². The van der Waals surface area contributed by atoms with Gasteiger partial charge in [0, 0.05) is 12.2 Å². The molecule has 0 saturated carbocycles. The van der Waals surface area contributed by atoms with Gasteiger partial charge in [-0.15, -0.1) is 0 Å². The first-order valence-corrected chi connectivity index (χ1v) is 7.60. The van der Waals surface area contributed by atoms with Gasteiger partial charge in [-0.05, 0) is 24.1 Å². The van der Waals surface area contributed by atoms with Gasteiger partial charge in [0.2, 0.25) is 10.0 Å². The van der Waals surface area contributed by atoms with E-state index in [1.807, 2.05) is 6.92 Å². The molecule has 5 nitrogen and oxygen atoms in total. The minimum Gasteiger partial charge on any atom is -0.399 e. The molecule has 1 aromatic rings. The van der Waals surface area contributed by atoms with Crippen molar-refractivity contribution in [1.82, 2.24) is 4.72 Å². The van der Waals surface area contributed by atoms with Crippen LogP contribution in [0.5, 0.6) is 0 Å². The molecule has 0 radical (unpaired) electrons. The first kappa shape index (κ1) is 14.9. The summed E-state index contributed by atoms with van der Waals surface area (Å²) in [5, 5.41) is 9.83. The van der Waals surface area contributed by atoms with Crippen LogP contribution in [0.4, 0.5) is 5.69 Å². The van der Waals surface area contributed by atoms with Crippen LogP contribution in [-0.4, -0.2) is 25.8 Å². The first-order valence-electron chi connectivity index (χ1n) is 5.95. The van der Waals surface area contributed by atoms with Gasteiger partial charge in [0.1, 0.15) is 0 Å². The lowest BCUT2D eigenvalue weighted by molar-refractivity contribution is 0.182. The van der Waals surface area contributed by atoms with Crippen LogP contribution in [0.2, 0.25) is 0 Å². The fraction of sp³-hybridized carbons (Fsp3) is 0.500. The van der Waals surface area contributed by atoms with Crippen molar-refractivity contribution >= 4 is 15.7 Å². The lowest BCUT2D eigenvalue weighted by Gasteiger charge is -2.12. The van der Waals surface area contributed by atoms with Crippen molar-refractivity contribution in [3.05, 3.63) is 29.8 Å². The van der Waals surface area contributed by atoms with Crippen LogP contribution in [0, 0.1) is 0 Å². The number of anilines is 1. The number of hydrogen-bond donors (Lipinski definition) is 3. The normalized spacial score (nSPS) is 13.4. The van der Waals surface area contributed by atoms with Crippen LogP contribution in [0.25, 0.3) is 0 Å². The lowest BCUT2D eigenvalue weighted by Crippen LogP contribution is -2.30. The Morgan fingerprint density at radius 3 is 2.50 bits per heavy atom. The molecule has 0 bridgehead atoms. The Balaban J connectivity index is 2.50. The second-order valence-electron chi connectivity index (χ2n) is 4.20. The molecular formula is C12H20N2O3S. The second-order valence-corrected chi connectivity index (χ2v) is 6.13. The molecule has 1 rings (SSSR count). The molecule has 0 amide bonds. The second kappa shape index (κ2) is 6.72. The van der Waals surface area contributed by atoms with Gasteiger partial charge in [-0.25, -0.2) is 13.1 Å². The molecule has 0 spiro atoms. The van der Waals surface area contributed by atoms with Crippen molar-refractivity contribution in [2.45, 2.75) is 25.9 Å². The third-order valence-electron chi connectivity index (χ3n) is 2.58. The molecule has 0 fully saturated rings. The number of unbranched alkanes of at least 4 members (excludes halogenated alkanes) is 1. The third-order valence-corrected chi connectivity index (χ3v) is 4.02. The SMILES string of the molecule is CCCCS(=O)(=O)NCC(O)c1ccc(N)cc1. The predicted molar refractivity (Wildman–Crippen MR) is 72.5 cm³/mol. The van der Waals surface area contributed by atoms with E-state index in [0.29, 0.717) is 17.7 Å². The number of benzene rings is 1. The van der Waals surface area contributed by atoms with E-state index in [0.717, 1.165) is 6.42 Å². The van der Waals surface area contributed by atoms with Gasteiger partial charge in [-0.2, -0.15) is 0 Å². The number of aliphatic hydroxyl groups is 1. The maximum Gasteiger partial charge on any atom is 0.211 e. The maximum atomic E-state index is 11.5. The molecule has 1 unspecified atom stereocenters. The standard InChI is InChI=1S/C12H20N2O3S/c1-2-3-8-18(16,17)14-9-12(15)10-4-6-11(13)7-5-10/h4-7,12,14-15H,2-3,8-9,13H2,1H3. The number of aliphatic hydroxyl groups excluding tert-OH is 1. The summed E-state index contributed by atoms with van der Waals surface area (Å²) in [5.41, 5.74) is 6.78. The molecule has 1 atom stereocenters. The number of rotatable bonds is 7. The summed E-state index contributed by atoms with van der Waals surface area (Å²) in [6.07, 6.45) is 0.580. The first-order chi connectivity index (χ1) is 8.44. The molecule has 0 heterocycles. The van der Waals surface area contributed by atoms with E-state index in [4.69, 9.17) is 5.73 Å². The zero-order valence-corrected chi connectivity index (χ0v) is 11.3. The Morgan fingerprint density at radius 2 is 1.94 bits per heavy atom. The Morgan fingerprint density at radius 1 is 1.33 bits per heavy atom. The summed E-state index contributed by atoms with van der Waals surface area (Å²) < 4.78 is 25.5. The van der Waals surface area contributed by atoms with Gasteiger partial charge in [0.15, 0.2) is 0 Å². The van der Waals surface area contributed by atoms with Gasteiger partial charge in [-0.3, -0.25) is 0 Å². The van der Waals surface area contributed by atoms with Crippen molar-refractivity contribution in [2.75, 3.05) is 18.0 Å². The van der Waals surface area contributed by atoms with E-state index in [-0.39, 0.29) is 12.3 Å². The number of nitrogens with two attached hydrogens (primary N) is 1. The highest BCUT2D eigenvalue weighted by atomic mass is 32.2. The van der Waals surface area contributed by atoms with Gasteiger partial charge < -0.3 is 10.8 Å². The zero-order valence-electron chi connectivity index (χ0n) is 10.5.